The Bertz CT molecular complexity index is 704. The van der Waals surface area contributed by atoms with Crippen LogP contribution in [0.2, 0.25) is 0 Å². The van der Waals surface area contributed by atoms with Gasteiger partial charge in [-0.1, -0.05) is 17.7 Å². The lowest BCUT2D eigenvalue weighted by atomic mass is 10.1. The number of benzene rings is 2. The average molecular weight is 309 g/mol. The van der Waals surface area contributed by atoms with Crippen molar-refractivity contribution >= 4 is 23.3 Å². The Hall–Kier alpha value is -2.82. The molecule has 3 N–H and O–H groups in total. The summed E-state index contributed by atoms with van der Waals surface area (Å²) in [5.74, 6) is -0.178. The first kappa shape index (κ1) is 15.1. The van der Waals surface area contributed by atoms with Crippen molar-refractivity contribution in [2.75, 3.05) is 10.6 Å². The van der Waals surface area contributed by atoms with Crippen LogP contribution in [0.25, 0.3) is 0 Å². The van der Waals surface area contributed by atoms with E-state index in [0.29, 0.717) is 17.3 Å². The van der Waals surface area contributed by atoms with Gasteiger partial charge in [-0.2, -0.15) is 0 Å². The minimum atomic E-state index is -0.204. The Morgan fingerprint density at radius 1 is 0.870 bits per heavy atom. The molecular formula is C18H19N3O2. The van der Waals surface area contributed by atoms with Gasteiger partial charge in [-0.05, 0) is 56.2 Å². The van der Waals surface area contributed by atoms with E-state index < -0.39 is 0 Å². The topological polar surface area (TPSA) is 70.2 Å². The maximum atomic E-state index is 12.2. The molecule has 0 spiro atoms. The highest BCUT2D eigenvalue weighted by molar-refractivity contribution is 6.04. The molecule has 0 bridgehead atoms. The van der Waals surface area contributed by atoms with Gasteiger partial charge in [-0.3, -0.25) is 4.79 Å². The van der Waals surface area contributed by atoms with Crippen LogP contribution in [0.15, 0.2) is 48.5 Å². The summed E-state index contributed by atoms with van der Waals surface area (Å²) in [5, 5.41) is 8.44. The maximum Gasteiger partial charge on any atom is 0.319 e. The van der Waals surface area contributed by atoms with Gasteiger partial charge in [0.05, 0.1) is 0 Å². The molecule has 0 saturated heterocycles. The van der Waals surface area contributed by atoms with Gasteiger partial charge >= 0.3 is 6.03 Å². The van der Waals surface area contributed by atoms with E-state index in [4.69, 9.17) is 0 Å². The molecule has 1 saturated carbocycles. The van der Waals surface area contributed by atoms with Crippen molar-refractivity contribution in [1.29, 1.82) is 0 Å². The van der Waals surface area contributed by atoms with Gasteiger partial charge in [0, 0.05) is 23.0 Å². The molecule has 3 amide bonds. The van der Waals surface area contributed by atoms with Crippen LogP contribution < -0.4 is 16.0 Å². The summed E-state index contributed by atoms with van der Waals surface area (Å²) in [6, 6.07) is 14.6. The molecule has 5 heteroatoms. The van der Waals surface area contributed by atoms with Crippen LogP contribution >= 0.6 is 0 Å². The largest absolute Gasteiger partial charge is 0.335 e. The van der Waals surface area contributed by atoms with E-state index in [1.165, 1.54) is 0 Å². The number of carbonyl (C=O) groups is 2. The lowest BCUT2D eigenvalue weighted by molar-refractivity contribution is 0.102. The minimum Gasteiger partial charge on any atom is -0.335 e. The molecular weight excluding hydrogens is 290 g/mol. The molecule has 0 atom stereocenters. The summed E-state index contributed by atoms with van der Waals surface area (Å²) in [6.07, 6.45) is 2.09. The summed E-state index contributed by atoms with van der Waals surface area (Å²) in [7, 11) is 0. The molecule has 5 nitrogen and oxygen atoms in total. The highest BCUT2D eigenvalue weighted by Gasteiger charge is 2.23. The zero-order valence-corrected chi connectivity index (χ0v) is 12.9. The quantitative estimate of drug-likeness (QED) is 0.808. The fraction of sp³-hybridized carbons (Fsp3) is 0.222. The average Bonchev–Trinajstić information content (AvgIpc) is 3.34. The van der Waals surface area contributed by atoms with Crippen molar-refractivity contribution in [3.8, 4) is 0 Å². The number of aryl methyl sites for hydroxylation is 1. The fourth-order valence-corrected chi connectivity index (χ4v) is 2.13. The Balaban J connectivity index is 1.58. The highest BCUT2D eigenvalue weighted by atomic mass is 16.2. The second-order valence-electron chi connectivity index (χ2n) is 5.77. The van der Waals surface area contributed by atoms with Gasteiger partial charge in [-0.15, -0.1) is 0 Å². The normalized spacial score (nSPS) is 13.3. The Morgan fingerprint density at radius 3 is 2.04 bits per heavy atom. The predicted molar refractivity (Wildman–Crippen MR) is 90.8 cm³/mol. The maximum absolute atomic E-state index is 12.2. The minimum absolute atomic E-state index is 0.178. The standard InChI is InChI=1S/C18H19N3O2/c1-12-2-6-14(7-3-12)19-17(22)13-4-8-15(9-5-13)20-18(23)21-16-10-11-16/h2-9,16H,10-11H2,1H3,(H,19,22)(H2,20,21,23). The van der Waals surface area contributed by atoms with E-state index in [0.717, 1.165) is 24.1 Å². The van der Waals surface area contributed by atoms with Gasteiger partial charge < -0.3 is 16.0 Å². The Morgan fingerprint density at radius 2 is 1.43 bits per heavy atom. The summed E-state index contributed by atoms with van der Waals surface area (Å²) in [4.78, 5) is 23.8. The van der Waals surface area contributed by atoms with Gasteiger partial charge in [0.25, 0.3) is 5.91 Å². The lowest BCUT2D eigenvalue weighted by Gasteiger charge is -2.08. The summed E-state index contributed by atoms with van der Waals surface area (Å²) < 4.78 is 0. The summed E-state index contributed by atoms with van der Waals surface area (Å²) >= 11 is 0. The van der Waals surface area contributed by atoms with E-state index in [-0.39, 0.29) is 11.9 Å². The molecule has 0 aromatic heterocycles. The first-order valence-electron chi connectivity index (χ1n) is 7.66. The van der Waals surface area contributed by atoms with Crippen molar-refractivity contribution in [1.82, 2.24) is 5.32 Å². The third kappa shape index (κ3) is 4.32. The van der Waals surface area contributed by atoms with Gasteiger partial charge in [0.2, 0.25) is 0 Å². The van der Waals surface area contributed by atoms with Crippen LogP contribution in [0.3, 0.4) is 0 Å². The van der Waals surface area contributed by atoms with Crippen molar-refractivity contribution in [2.45, 2.75) is 25.8 Å². The molecule has 23 heavy (non-hydrogen) atoms. The number of hydrogen-bond donors (Lipinski definition) is 3. The number of carbonyl (C=O) groups excluding carboxylic acids is 2. The number of hydrogen-bond acceptors (Lipinski definition) is 2. The number of rotatable bonds is 4. The van der Waals surface area contributed by atoms with Gasteiger partial charge in [-0.25, -0.2) is 4.79 Å². The lowest BCUT2D eigenvalue weighted by Crippen LogP contribution is -2.30. The van der Waals surface area contributed by atoms with Crippen LogP contribution in [0.1, 0.15) is 28.8 Å². The predicted octanol–water partition coefficient (Wildman–Crippen LogP) is 3.53. The van der Waals surface area contributed by atoms with Crippen molar-refractivity contribution in [3.63, 3.8) is 0 Å². The van der Waals surface area contributed by atoms with Crippen LogP contribution in [0.5, 0.6) is 0 Å². The smallest absolute Gasteiger partial charge is 0.319 e. The van der Waals surface area contributed by atoms with E-state index in [2.05, 4.69) is 16.0 Å². The molecule has 2 aromatic rings. The molecule has 1 aliphatic rings. The highest BCUT2D eigenvalue weighted by Crippen LogP contribution is 2.19. The van der Waals surface area contributed by atoms with Gasteiger partial charge in [0.15, 0.2) is 0 Å². The molecule has 0 heterocycles. The number of nitrogens with one attached hydrogen (secondary N) is 3. The second-order valence-corrected chi connectivity index (χ2v) is 5.77. The molecule has 118 valence electrons. The van der Waals surface area contributed by atoms with Crippen LogP contribution in [-0.2, 0) is 0 Å². The van der Waals surface area contributed by atoms with Gasteiger partial charge in [0.1, 0.15) is 0 Å². The van der Waals surface area contributed by atoms with Crippen molar-refractivity contribution < 1.29 is 9.59 Å². The SMILES string of the molecule is Cc1ccc(NC(=O)c2ccc(NC(=O)NC3CC3)cc2)cc1. The van der Waals surface area contributed by atoms with E-state index in [1.54, 1.807) is 24.3 Å². The summed E-state index contributed by atoms with van der Waals surface area (Å²) in [5.41, 5.74) is 3.10. The molecule has 1 aliphatic carbocycles. The Labute approximate surface area is 135 Å². The van der Waals surface area contributed by atoms with E-state index >= 15 is 0 Å². The molecule has 0 aliphatic heterocycles. The van der Waals surface area contributed by atoms with Crippen LogP contribution in [0.4, 0.5) is 16.2 Å². The summed E-state index contributed by atoms with van der Waals surface area (Å²) in [6.45, 7) is 2.00. The van der Waals surface area contributed by atoms with Crippen LogP contribution in [0, 0.1) is 6.92 Å². The first-order valence-corrected chi connectivity index (χ1v) is 7.66. The zero-order valence-electron chi connectivity index (χ0n) is 12.9. The third-order valence-corrected chi connectivity index (χ3v) is 3.63. The number of amides is 3. The van der Waals surface area contributed by atoms with Crippen molar-refractivity contribution in [3.05, 3.63) is 59.7 Å². The molecule has 1 fully saturated rings. The third-order valence-electron chi connectivity index (χ3n) is 3.63. The molecule has 0 unspecified atom stereocenters. The molecule has 2 aromatic carbocycles. The van der Waals surface area contributed by atoms with E-state index in [1.807, 2.05) is 31.2 Å². The van der Waals surface area contributed by atoms with Crippen LogP contribution in [-0.4, -0.2) is 18.0 Å². The Kier molecular flexibility index (Phi) is 4.28. The van der Waals surface area contributed by atoms with Crippen molar-refractivity contribution in [2.24, 2.45) is 0 Å². The number of anilines is 2. The van der Waals surface area contributed by atoms with E-state index in [9.17, 15) is 9.59 Å². The zero-order chi connectivity index (χ0) is 16.2. The monoisotopic (exact) mass is 309 g/mol. The number of urea groups is 1. The molecule has 3 rings (SSSR count). The molecule has 0 radical (unpaired) electrons. The fourth-order valence-electron chi connectivity index (χ4n) is 2.13. The second kappa shape index (κ2) is 6.52. The first-order chi connectivity index (χ1) is 11.1.